The van der Waals surface area contributed by atoms with Crippen LogP contribution in [0.2, 0.25) is 0 Å². The van der Waals surface area contributed by atoms with Crippen LogP contribution < -0.4 is 5.73 Å². The Kier molecular flexibility index (Phi) is 7.01. The number of hydrogen-bond acceptors (Lipinski definition) is 5. The molecular weight excluding hydrogens is 296 g/mol. The van der Waals surface area contributed by atoms with Gasteiger partial charge in [-0.1, -0.05) is 0 Å². The first-order valence-electron chi connectivity index (χ1n) is 7.01. The number of ether oxygens (including phenoxy) is 1. The average Bonchev–Trinajstić information content (AvgIpc) is 2.46. The number of piperazine rings is 1. The number of carbonyl (C=O) groups is 1. The van der Waals surface area contributed by atoms with E-state index in [-0.39, 0.29) is 5.91 Å². The summed E-state index contributed by atoms with van der Waals surface area (Å²) in [7, 11) is 1.20. The summed E-state index contributed by atoms with van der Waals surface area (Å²) in [4.78, 5) is 13.8. The highest BCUT2D eigenvalue weighted by Crippen LogP contribution is 2.11. The molecule has 1 amide bonds. The molecule has 1 fully saturated rings. The molecule has 1 aliphatic rings. The fourth-order valence-electron chi connectivity index (χ4n) is 2.18. The Hall–Kier alpha value is -0.740. The van der Waals surface area contributed by atoms with Crippen LogP contribution in [0, 0.1) is 0 Å². The maximum absolute atomic E-state index is 12.2. The van der Waals surface area contributed by atoms with E-state index in [0.717, 1.165) is 6.42 Å². The van der Waals surface area contributed by atoms with E-state index in [4.69, 9.17) is 10.5 Å². The van der Waals surface area contributed by atoms with E-state index in [1.807, 2.05) is 0 Å². The second-order valence-electron chi connectivity index (χ2n) is 5.26. The average molecular weight is 322 g/mol. The van der Waals surface area contributed by atoms with Gasteiger partial charge in [0.25, 0.3) is 10.2 Å². The fourth-order valence-corrected chi connectivity index (χ4v) is 3.26. The largest absolute Gasteiger partial charge is 0.385 e. The van der Waals surface area contributed by atoms with E-state index in [1.165, 1.54) is 22.7 Å². The number of nitrogens with zero attached hydrogens (tertiary/aromatic N) is 3. The summed E-state index contributed by atoms with van der Waals surface area (Å²) in [6.45, 7) is 1.94. The topological polar surface area (TPSA) is 96.2 Å². The van der Waals surface area contributed by atoms with Gasteiger partial charge in [-0.05, 0) is 12.8 Å². The summed E-state index contributed by atoms with van der Waals surface area (Å²) in [5, 5.41) is 0. The molecule has 8 nitrogen and oxygen atoms in total. The Morgan fingerprint density at radius 1 is 1.29 bits per heavy atom. The van der Waals surface area contributed by atoms with Gasteiger partial charge in [0.15, 0.2) is 0 Å². The van der Waals surface area contributed by atoms with Gasteiger partial charge in [0, 0.05) is 54.0 Å². The first-order valence-corrected chi connectivity index (χ1v) is 8.41. The first kappa shape index (κ1) is 18.3. The number of amides is 1. The first-order chi connectivity index (χ1) is 9.80. The highest BCUT2D eigenvalue weighted by Gasteiger charge is 2.31. The van der Waals surface area contributed by atoms with Crippen molar-refractivity contribution in [3.05, 3.63) is 0 Å². The summed E-state index contributed by atoms with van der Waals surface area (Å²) in [5.74, 6) is -0.118. The lowest BCUT2D eigenvalue weighted by Crippen LogP contribution is -2.55. The standard InChI is InChI=1S/C12H26N4O4S/c1-14(2)21(18,19)16-8-6-15(7-9-16)12(17)11(13)5-4-10-20-3/h11H,4-10,13H2,1-3H3. The number of methoxy groups -OCH3 is 1. The predicted molar refractivity (Wildman–Crippen MR) is 79.8 cm³/mol. The number of nitrogens with two attached hydrogens (primary N) is 1. The molecule has 21 heavy (non-hydrogen) atoms. The highest BCUT2D eigenvalue weighted by atomic mass is 32.2. The van der Waals surface area contributed by atoms with Gasteiger partial charge in [-0.3, -0.25) is 4.79 Å². The van der Waals surface area contributed by atoms with E-state index in [1.54, 1.807) is 12.0 Å². The molecule has 0 aliphatic carbocycles. The summed E-state index contributed by atoms with van der Waals surface area (Å²) in [6.07, 6.45) is 1.31. The molecule has 0 aromatic heterocycles. The third-order valence-electron chi connectivity index (χ3n) is 3.52. The molecule has 1 saturated heterocycles. The summed E-state index contributed by atoms with van der Waals surface area (Å²) < 4.78 is 31.5. The number of hydrogen-bond donors (Lipinski definition) is 1. The molecule has 1 unspecified atom stereocenters. The second-order valence-corrected chi connectivity index (χ2v) is 7.40. The summed E-state index contributed by atoms with van der Waals surface area (Å²) in [5.41, 5.74) is 5.87. The zero-order chi connectivity index (χ0) is 16.0. The molecule has 0 aromatic rings. The Morgan fingerprint density at radius 2 is 1.86 bits per heavy atom. The fraction of sp³-hybridized carbons (Fsp3) is 0.917. The summed E-state index contributed by atoms with van der Waals surface area (Å²) >= 11 is 0. The second kappa shape index (κ2) is 8.04. The van der Waals surface area contributed by atoms with E-state index < -0.39 is 16.3 Å². The number of carbonyl (C=O) groups excluding carboxylic acids is 1. The number of rotatable bonds is 7. The Balaban J connectivity index is 2.47. The van der Waals surface area contributed by atoms with Gasteiger partial charge in [-0.25, -0.2) is 0 Å². The van der Waals surface area contributed by atoms with Crippen LogP contribution >= 0.6 is 0 Å². The normalized spacial score (nSPS) is 19.0. The Morgan fingerprint density at radius 3 is 2.33 bits per heavy atom. The minimum absolute atomic E-state index is 0.118. The van der Waals surface area contributed by atoms with Crippen molar-refractivity contribution >= 4 is 16.1 Å². The lowest BCUT2D eigenvalue weighted by Gasteiger charge is -2.36. The molecule has 0 aromatic carbocycles. The summed E-state index contributed by atoms with van der Waals surface area (Å²) in [6, 6.07) is -0.544. The van der Waals surface area contributed by atoms with Crippen LogP contribution in [0.4, 0.5) is 0 Å². The third kappa shape index (κ3) is 4.89. The van der Waals surface area contributed by atoms with Gasteiger partial charge in [0.05, 0.1) is 6.04 Å². The van der Waals surface area contributed by atoms with Crippen molar-refractivity contribution in [3.8, 4) is 0 Å². The molecule has 0 spiro atoms. The van der Waals surface area contributed by atoms with Crippen molar-refractivity contribution in [3.63, 3.8) is 0 Å². The van der Waals surface area contributed by atoms with Gasteiger partial charge in [0.1, 0.15) is 0 Å². The van der Waals surface area contributed by atoms with Crippen LogP contribution in [-0.2, 0) is 19.7 Å². The molecule has 0 bridgehead atoms. The minimum Gasteiger partial charge on any atom is -0.385 e. The van der Waals surface area contributed by atoms with Gasteiger partial charge in [-0.2, -0.15) is 17.0 Å². The molecule has 0 radical (unpaired) electrons. The molecule has 0 saturated carbocycles. The lowest BCUT2D eigenvalue weighted by molar-refractivity contribution is -0.134. The van der Waals surface area contributed by atoms with E-state index in [0.29, 0.717) is 39.2 Å². The van der Waals surface area contributed by atoms with Crippen molar-refractivity contribution in [2.24, 2.45) is 5.73 Å². The van der Waals surface area contributed by atoms with Crippen molar-refractivity contribution in [1.29, 1.82) is 0 Å². The lowest BCUT2D eigenvalue weighted by atomic mass is 10.1. The molecule has 2 N–H and O–H groups in total. The quantitative estimate of drug-likeness (QED) is 0.587. The third-order valence-corrected chi connectivity index (χ3v) is 5.46. The monoisotopic (exact) mass is 322 g/mol. The van der Waals surface area contributed by atoms with Crippen molar-refractivity contribution in [1.82, 2.24) is 13.5 Å². The molecule has 1 atom stereocenters. The van der Waals surface area contributed by atoms with Gasteiger partial charge < -0.3 is 15.4 Å². The van der Waals surface area contributed by atoms with Crippen LogP contribution in [0.25, 0.3) is 0 Å². The van der Waals surface area contributed by atoms with E-state index in [2.05, 4.69) is 0 Å². The van der Waals surface area contributed by atoms with Gasteiger partial charge in [-0.15, -0.1) is 0 Å². The maximum atomic E-state index is 12.2. The van der Waals surface area contributed by atoms with Crippen molar-refractivity contribution < 1.29 is 17.9 Å². The van der Waals surface area contributed by atoms with Crippen molar-refractivity contribution in [2.45, 2.75) is 18.9 Å². The van der Waals surface area contributed by atoms with Crippen LogP contribution in [0.3, 0.4) is 0 Å². The molecule has 1 rings (SSSR count). The maximum Gasteiger partial charge on any atom is 0.281 e. The van der Waals surface area contributed by atoms with Crippen LogP contribution in [0.5, 0.6) is 0 Å². The van der Waals surface area contributed by atoms with E-state index >= 15 is 0 Å². The SMILES string of the molecule is COCCCC(N)C(=O)N1CCN(S(=O)(=O)N(C)C)CC1. The molecule has 9 heteroatoms. The van der Waals surface area contributed by atoms with Gasteiger partial charge >= 0.3 is 0 Å². The zero-order valence-corrected chi connectivity index (χ0v) is 13.8. The smallest absolute Gasteiger partial charge is 0.281 e. The molecular formula is C12H26N4O4S. The molecule has 1 aliphatic heterocycles. The minimum atomic E-state index is -3.41. The van der Waals surface area contributed by atoms with Crippen LogP contribution in [0.15, 0.2) is 0 Å². The van der Waals surface area contributed by atoms with Crippen LogP contribution in [-0.4, -0.2) is 87.9 Å². The van der Waals surface area contributed by atoms with Crippen LogP contribution in [0.1, 0.15) is 12.8 Å². The van der Waals surface area contributed by atoms with E-state index in [9.17, 15) is 13.2 Å². The predicted octanol–water partition coefficient (Wildman–Crippen LogP) is -1.31. The van der Waals surface area contributed by atoms with Crippen molar-refractivity contribution in [2.75, 3.05) is 54.0 Å². The molecule has 124 valence electrons. The van der Waals surface area contributed by atoms with Gasteiger partial charge in [0.2, 0.25) is 5.91 Å². The molecule has 1 heterocycles. The Bertz CT molecular complexity index is 433. The zero-order valence-electron chi connectivity index (χ0n) is 13.0. The highest BCUT2D eigenvalue weighted by molar-refractivity contribution is 7.86. The Labute approximate surface area is 127 Å².